The summed E-state index contributed by atoms with van der Waals surface area (Å²) in [6.45, 7) is 9.35. The molecule has 0 aromatic carbocycles. The molecule has 2 aromatic rings. The number of likely N-dealkylation sites (tertiary alicyclic amines) is 1. The van der Waals surface area contributed by atoms with E-state index in [2.05, 4.69) is 31.7 Å². The lowest BCUT2D eigenvalue weighted by atomic mass is 9.93. The van der Waals surface area contributed by atoms with Crippen molar-refractivity contribution in [2.45, 2.75) is 46.5 Å². The Morgan fingerprint density at radius 2 is 1.90 bits per heavy atom. The highest BCUT2D eigenvalue weighted by Gasteiger charge is 2.30. The molecule has 2 aliphatic rings. The van der Waals surface area contributed by atoms with Crippen LogP contribution in [0.1, 0.15) is 43.9 Å². The number of nitrogens with one attached hydrogen (secondary N) is 1. The highest BCUT2D eigenvalue weighted by atomic mass is 16.2. The zero-order valence-corrected chi connectivity index (χ0v) is 18.1. The summed E-state index contributed by atoms with van der Waals surface area (Å²) < 4.78 is 0. The summed E-state index contributed by atoms with van der Waals surface area (Å²) in [6, 6.07) is 3.92. The molecule has 4 heterocycles. The quantitative estimate of drug-likeness (QED) is 0.843. The number of aromatic nitrogens is 3. The molecule has 0 radical (unpaired) electrons. The first kappa shape index (κ1) is 20.6. The van der Waals surface area contributed by atoms with Gasteiger partial charge in [-0.1, -0.05) is 6.92 Å². The Kier molecular flexibility index (Phi) is 5.88. The van der Waals surface area contributed by atoms with Gasteiger partial charge in [-0.25, -0.2) is 9.97 Å². The SMILES string of the molecule is Cc1nc(-c2ccc(N3CCC(C(=O)N4CCCC(C)C4)CC3)nc2)[nH]c(=O)c1C. The fourth-order valence-electron chi connectivity index (χ4n) is 4.50. The lowest BCUT2D eigenvalue weighted by Gasteiger charge is -2.37. The van der Waals surface area contributed by atoms with Crippen molar-refractivity contribution in [2.24, 2.45) is 11.8 Å². The van der Waals surface area contributed by atoms with Gasteiger partial charge < -0.3 is 14.8 Å². The molecule has 1 atom stereocenters. The predicted octanol–water partition coefficient (Wildman–Crippen LogP) is 2.92. The van der Waals surface area contributed by atoms with E-state index in [9.17, 15) is 9.59 Å². The van der Waals surface area contributed by atoms with Crippen LogP contribution in [0.4, 0.5) is 5.82 Å². The third-order valence-corrected chi connectivity index (χ3v) is 6.55. The topological polar surface area (TPSA) is 82.2 Å². The van der Waals surface area contributed by atoms with Gasteiger partial charge in [0.05, 0.1) is 0 Å². The normalized spacial score (nSPS) is 20.4. The smallest absolute Gasteiger partial charge is 0.254 e. The van der Waals surface area contributed by atoms with Crippen LogP contribution in [-0.2, 0) is 4.79 Å². The van der Waals surface area contributed by atoms with Crippen molar-refractivity contribution in [3.05, 3.63) is 39.9 Å². The van der Waals surface area contributed by atoms with Crippen molar-refractivity contribution >= 4 is 11.7 Å². The van der Waals surface area contributed by atoms with Gasteiger partial charge in [0, 0.05) is 55.1 Å². The fraction of sp³-hybridized carbons (Fsp3) is 0.565. The number of hydrogen-bond acceptors (Lipinski definition) is 5. The monoisotopic (exact) mass is 409 g/mol. The average Bonchev–Trinajstić information content (AvgIpc) is 2.77. The van der Waals surface area contributed by atoms with Gasteiger partial charge in [-0.2, -0.15) is 0 Å². The number of amides is 1. The van der Waals surface area contributed by atoms with Crippen LogP contribution in [0.25, 0.3) is 11.4 Å². The minimum absolute atomic E-state index is 0.114. The molecule has 160 valence electrons. The third-order valence-electron chi connectivity index (χ3n) is 6.55. The summed E-state index contributed by atoms with van der Waals surface area (Å²) in [5, 5.41) is 0. The summed E-state index contributed by atoms with van der Waals surface area (Å²) >= 11 is 0. The van der Waals surface area contributed by atoms with Crippen LogP contribution >= 0.6 is 0 Å². The summed E-state index contributed by atoms with van der Waals surface area (Å²) in [7, 11) is 0. The van der Waals surface area contributed by atoms with Crippen molar-refractivity contribution in [3.63, 3.8) is 0 Å². The van der Waals surface area contributed by atoms with E-state index in [1.165, 1.54) is 6.42 Å². The number of nitrogens with zero attached hydrogens (tertiary/aromatic N) is 4. The van der Waals surface area contributed by atoms with E-state index in [1.807, 2.05) is 19.1 Å². The molecule has 4 rings (SSSR count). The Balaban J connectivity index is 1.38. The Labute approximate surface area is 177 Å². The first-order chi connectivity index (χ1) is 14.4. The lowest BCUT2D eigenvalue weighted by Crippen LogP contribution is -2.46. The second-order valence-electron chi connectivity index (χ2n) is 8.82. The molecule has 1 unspecified atom stereocenters. The Bertz CT molecular complexity index is 961. The van der Waals surface area contributed by atoms with Crippen LogP contribution in [0.3, 0.4) is 0 Å². The van der Waals surface area contributed by atoms with Crippen molar-refractivity contribution < 1.29 is 4.79 Å². The maximum atomic E-state index is 12.9. The van der Waals surface area contributed by atoms with Gasteiger partial charge in [-0.3, -0.25) is 9.59 Å². The highest BCUT2D eigenvalue weighted by molar-refractivity contribution is 5.79. The molecule has 0 spiro atoms. The molecule has 0 saturated carbocycles. The van der Waals surface area contributed by atoms with Crippen molar-refractivity contribution in [3.8, 4) is 11.4 Å². The highest BCUT2D eigenvalue weighted by Crippen LogP contribution is 2.26. The van der Waals surface area contributed by atoms with E-state index in [0.717, 1.165) is 62.5 Å². The van der Waals surface area contributed by atoms with E-state index in [4.69, 9.17) is 0 Å². The number of pyridine rings is 1. The zero-order valence-electron chi connectivity index (χ0n) is 18.1. The summed E-state index contributed by atoms with van der Waals surface area (Å²) in [6.07, 6.45) is 5.87. The molecule has 1 N–H and O–H groups in total. The minimum atomic E-state index is -0.114. The molecule has 0 bridgehead atoms. The van der Waals surface area contributed by atoms with Crippen LogP contribution in [0, 0.1) is 25.7 Å². The molecule has 7 heteroatoms. The number of hydrogen-bond donors (Lipinski definition) is 1. The van der Waals surface area contributed by atoms with E-state index >= 15 is 0 Å². The number of aromatic amines is 1. The summed E-state index contributed by atoms with van der Waals surface area (Å²) in [5.74, 6) is 2.54. The molecule has 7 nitrogen and oxygen atoms in total. The molecular weight excluding hydrogens is 378 g/mol. The van der Waals surface area contributed by atoms with E-state index in [1.54, 1.807) is 13.1 Å². The van der Waals surface area contributed by atoms with Crippen molar-refractivity contribution in [1.82, 2.24) is 19.9 Å². The maximum Gasteiger partial charge on any atom is 0.254 e. The van der Waals surface area contributed by atoms with Crippen LogP contribution in [-0.4, -0.2) is 51.9 Å². The number of aryl methyl sites for hydroxylation is 1. The van der Waals surface area contributed by atoms with Gasteiger partial charge >= 0.3 is 0 Å². The average molecular weight is 410 g/mol. The third kappa shape index (κ3) is 4.25. The number of H-pyrrole nitrogens is 1. The Morgan fingerprint density at radius 1 is 1.13 bits per heavy atom. The lowest BCUT2D eigenvalue weighted by molar-refractivity contribution is -0.137. The first-order valence-electron chi connectivity index (χ1n) is 11.0. The molecule has 2 fully saturated rings. The van der Waals surface area contributed by atoms with Crippen LogP contribution in [0.2, 0.25) is 0 Å². The zero-order chi connectivity index (χ0) is 21.3. The predicted molar refractivity (Wildman–Crippen MR) is 117 cm³/mol. The molecule has 2 aliphatic heterocycles. The van der Waals surface area contributed by atoms with Crippen LogP contribution in [0.5, 0.6) is 0 Å². The fourth-order valence-corrected chi connectivity index (χ4v) is 4.50. The van der Waals surface area contributed by atoms with E-state index < -0.39 is 0 Å². The van der Waals surface area contributed by atoms with Gasteiger partial charge in [0.15, 0.2) is 0 Å². The molecule has 30 heavy (non-hydrogen) atoms. The number of anilines is 1. The molecule has 2 saturated heterocycles. The molecule has 2 aromatic heterocycles. The standard InChI is InChI=1S/C23H31N5O2/c1-15-5-4-10-28(14-15)23(30)18-8-11-27(12-9-18)20-7-6-19(13-24-20)21-25-17(3)16(2)22(29)26-21/h6-7,13,15,18H,4-5,8-12,14H2,1-3H3,(H,25,26,29). The number of piperidine rings is 2. The van der Waals surface area contributed by atoms with Gasteiger partial charge in [0.1, 0.15) is 11.6 Å². The van der Waals surface area contributed by atoms with Crippen LogP contribution < -0.4 is 10.5 Å². The molecule has 0 aliphatic carbocycles. The Hall–Kier alpha value is -2.70. The van der Waals surface area contributed by atoms with Gasteiger partial charge in [-0.05, 0) is 57.6 Å². The van der Waals surface area contributed by atoms with Gasteiger partial charge in [-0.15, -0.1) is 0 Å². The maximum absolute atomic E-state index is 12.9. The van der Waals surface area contributed by atoms with Crippen molar-refractivity contribution in [2.75, 3.05) is 31.1 Å². The van der Waals surface area contributed by atoms with Gasteiger partial charge in [0.2, 0.25) is 5.91 Å². The largest absolute Gasteiger partial charge is 0.357 e. The second kappa shape index (κ2) is 8.58. The number of carbonyl (C=O) groups is 1. The molecule has 1 amide bonds. The number of rotatable bonds is 3. The van der Waals surface area contributed by atoms with E-state index in [-0.39, 0.29) is 11.5 Å². The second-order valence-corrected chi connectivity index (χ2v) is 8.82. The van der Waals surface area contributed by atoms with Crippen LogP contribution in [0.15, 0.2) is 23.1 Å². The minimum Gasteiger partial charge on any atom is -0.357 e. The Morgan fingerprint density at radius 3 is 2.53 bits per heavy atom. The summed E-state index contributed by atoms with van der Waals surface area (Å²) in [5.41, 5.74) is 2.05. The molecular formula is C23H31N5O2. The van der Waals surface area contributed by atoms with Crippen molar-refractivity contribution in [1.29, 1.82) is 0 Å². The first-order valence-corrected chi connectivity index (χ1v) is 11.0. The van der Waals surface area contributed by atoms with E-state index in [0.29, 0.717) is 23.2 Å². The summed E-state index contributed by atoms with van der Waals surface area (Å²) in [4.78, 5) is 41.1. The van der Waals surface area contributed by atoms with Gasteiger partial charge in [0.25, 0.3) is 5.56 Å². The number of carbonyl (C=O) groups excluding carboxylic acids is 1.